The van der Waals surface area contributed by atoms with E-state index in [2.05, 4.69) is 15.1 Å². The number of hydrogen-bond acceptors (Lipinski definition) is 8. The van der Waals surface area contributed by atoms with Crippen LogP contribution < -0.4 is 5.32 Å². The Bertz CT molecular complexity index is 1040. The number of benzene rings is 2. The highest BCUT2D eigenvalue weighted by Crippen LogP contribution is 2.42. The van der Waals surface area contributed by atoms with E-state index in [1.807, 2.05) is 59.4 Å². The summed E-state index contributed by atoms with van der Waals surface area (Å²) in [5.74, 6) is -0.688. The average Bonchev–Trinajstić information content (AvgIpc) is 2.86. The van der Waals surface area contributed by atoms with Crippen molar-refractivity contribution < 1.29 is 23.8 Å². The number of rotatable bonds is 13. The zero-order valence-corrected chi connectivity index (χ0v) is 22.1. The Morgan fingerprint density at radius 2 is 1.36 bits per heavy atom. The summed E-state index contributed by atoms with van der Waals surface area (Å²) in [7, 11) is 7.96. The molecule has 0 fully saturated rings. The van der Waals surface area contributed by atoms with Crippen molar-refractivity contribution in [3.63, 3.8) is 0 Å². The lowest BCUT2D eigenvalue weighted by atomic mass is 9.91. The van der Waals surface area contributed by atoms with Gasteiger partial charge in [-0.1, -0.05) is 19.1 Å². The van der Waals surface area contributed by atoms with Gasteiger partial charge < -0.3 is 29.3 Å². The van der Waals surface area contributed by atoms with Gasteiger partial charge in [-0.15, -0.1) is 0 Å². The molecule has 0 bridgehead atoms. The molecule has 0 aliphatic carbocycles. The van der Waals surface area contributed by atoms with Gasteiger partial charge in [0.05, 0.1) is 24.3 Å². The van der Waals surface area contributed by atoms with Crippen molar-refractivity contribution in [2.45, 2.75) is 32.4 Å². The van der Waals surface area contributed by atoms with Gasteiger partial charge in [0, 0.05) is 36.5 Å². The molecule has 0 saturated heterocycles. The van der Waals surface area contributed by atoms with E-state index in [1.54, 1.807) is 12.1 Å². The van der Waals surface area contributed by atoms with Crippen LogP contribution in [0.2, 0.25) is 0 Å². The topological polar surface area (TPSA) is 80.3 Å². The van der Waals surface area contributed by atoms with Gasteiger partial charge in [0.15, 0.2) is 6.23 Å². The summed E-state index contributed by atoms with van der Waals surface area (Å²) < 4.78 is 17.0. The molecule has 0 amide bonds. The second-order valence-corrected chi connectivity index (χ2v) is 9.54. The molecule has 0 saturated carbocycles. The molecule has 0 radical (unpaired) electrons. The van der Waals surface area contributed by atoms with Crippen LogP contribution in [-0.2, 0) is 14.2 Å². The molecule has 0 spiro atoms. The molecule has 0 aromatic heterocycles. The molecule has 36 heavy (non-hydrogen) atoms. The van der Waals surface area contributed by atoms with Gasteiger partial charge in [-0.2, -0.15) is 0 Å². The van der Waals surface area contributed by atoms with Crippen molar-refractivity contribution in [3.05, 3.63) is 53.1 Å². The standard InChI is InChI=1S/C28H39N3O5/c1-6-15-34-26-24-18-20(27(32)35-16-7-13-30(2)3)9-11-22(24)23-12-10-21(19-25(23)29-26)28(33)36-17-8-14-31(4)5/h9-12,18-19,26,29H,6-8,13-17H2,1-5H3. The van der Waals surface area contributed by atoms with Gasteiger partial charge in [-0.25, -0.2) is 9.59 Å². The monoisotopic (exact) mass is 497 g/mol. The fourth-order valence-corrected chi connectivity index (χ4v) is 4.02. The maximum absolute atomic E-state index is 12.7. The van der Waals surface area contributed by atoms with Crippen LogP contribution in [0.5, 0.6) is 0 Å². The van der Waals surface area contributed by atoms with Crippen molar-refractivity contribution in [2.75, 3.05) is 66.4 Å². The SMILES string of the molecule is CCCOC1Nc2cc(C(=O)OCCCN(C)C)ccc2-c2ccc(C(=O)OCCCN(C)C)cc21. The third kappa shape index (κ3) is 7.53. The summed E-state index contributed by atoms with van der Waals surface area (Å²) in [6, 6.07) is 11.0. The van der Waals surface area contributed by atoms with Gasteiger partial charge in [-0.3, -0.25) is 0 Å². The first-order valence-electron chi connectivity index (χ1n) is 12.6. The fourth-order valence-electron chi connectivity index (χ4n) is 4.02. The van der Waals surface area contributed by atoms with Gasteiger partial charge in [-0.05, 0) is 77.3 Å². The molecule has 1 unspecified atom stereocenters. The van der Waals surface area contributed by atoms with Crippen molar-refractivity contribution in [3.8, 4) is 11.1 Å². The average molecular weight is 498 g/mol. The Labute approximate surface area is 214 Å². The molecule has 8 heteroatoms. The Morgan fingerprint density at radius 3 is 1.92 bits per heavy atom. The Hall–Kier alpha value is -2.94. The first kappa shape index (κ1) is 27.6. The van der Waals surface area contributed by atoms with Crippen molar-refractivity contribution in [1.82, 2.24) is 9.80 Å². The van der Waals surface area contributed by atoms with E-state index >= 15 is 0 Å². The summed E-state index contributed by atoms with van der Waals surface area (Å²) in [6.07, 6.45) is 1.97. The minimum Gasteiger partial charge on any atom is -0.462 e. The van der Waals surface area contributed by atoms with Gasteiger partial charge in [0.1, 0.15) is 0 Å². The van der Waals surface area contributed by atoms with Gasteiger partial charge >= 0.3 is 11.9 Å². The minimum atomic E-state index is -0.444. The number of esters is 2. The number of carbonyl (C=O) groups excluding carboxylic acids is 2. The summed E-state index contributed by atoms with van der Waals surface area (Å²) in [5, 5.41) is 3.40. The van der Waals surface area contributed by atoms with Crippen molar-refractivity contribution in [1.29, 1.82) is 0 Å². The summed E-state index contributed by atoms with van der Waals surface area (Å²) in [6.45, 7) is 5.07. The lowest BCUT2D eigenvalue weighted by Crippen LogP contribution is -2.22. The van der Waals surface area contributed by atoms with Crippen LogP contribution in [0.4, 0.5) is 5.69 Å². The van der Waals surface area contributed by atoms with Crippen LogP contribution >= 0.6 is 0 Å². The van der Waals surface area contributed by atoms with Crippen LogP contribution in [0.15, 0.2) is 36.4 Å². The lowest BCUT2D eigenvalue weighted by Gasteiger charge is -2.30. The summed E-state index contributed by atoms with van der Waals surface area (Å²) in [5.41, 5.74) is 4.55. The molecule has 1 aliphatic heterocycles. The Balaban J connectivity index is 1.78. The zero-order chi connectivity index (χ0) is 26.1. The first-order valence-corrected chi connectivity index (χ1v) is 12.6. The van der Waals surface area contributed by atoms with E-state index in [4.69, 9.17) is 14.2 Å². The van der Waals surface area contributed by atoms with E-state index in [9.17, 15) is 9.59 Å². The molecule has 1 aliphatic rings. The largest absolute Gasteiger partial charge is 0.462 e. The second kappa shape index (κ2) is 13.4. The highest BCUT2D eigenvalue weighted by atomic mass is 16.5. The van der Waals surface area contributed by atoms with E-state index in [1.165, 1.54) is 0 Å². The maximum Gasteiger partial charge on any atom is 0.338 e. The molecule has 2 aromatic carbocycles. The Kier molecular flexibility index (Phi) is 10.3. The molecule has 1 atom stereocenters. The van der Waals surface area contributed by atoms with Gasteiger partial charge in [0.25, 0.3) is 0 Å². The number of nitrogens with one attached hydrogen (secondary N) is 1. The number of hydrogen-bond donors (Lipinski definition) is 1. The molecule has 196 valence electrons. The number of carbonyl (C=O) groups is 2. The number of ether oxygens (including phenoxy) is 3. The van der Waals surface area contributed by atoms with E-state index < -0.39 is 6.23 Å². The Morgan fingerprint density at radius 1 is 0.806 bits per heavy atom. The fraction of sp³-hybridized carbons (Fsp3) is 0.500. The summed E-state index contributed by atoms with van der Waals surface area (Å²) in [4.78, 5) is 29.4. The van der Waals surface area contributed by atoms with Crippen LogP contribution in [0.25, 0.3) is 11.1 Å². The third-order valence-electron chi connectivity index (χ3n) is 5.86. The number of fused-ring (bicyclic) bond motifs is 3. The molecular formula is C28H39N3O5. The van der Waals surface area contributed by atoms with Crippen molar-refractivity contribution >= 4 is 17.6 Å². The molecule has 1 N–H and O–H groups in total. The smallest absolute Gasteiger partial charge is 0.338 e. The van der Waals surface area contributed by atoms with E-state index in [0.717, 1.165) is 54.7 Å². The molecular weight excluding hydrogens is 458 g/mol. The zero-order valence-electron chi connectivity index (χ0n) is 22.1. The highest BCUT2D eigenvalue weighted by Gasteiger charge is 2.27. The number of anilines is 1. The second-order valence-electron chi connectivity index (χ2n) is 9.54. The predicted molar refractivity (Wildman–Crippen MR) is 141 cm³/mol. The maximum atomic E-state index is 12.7. The molecule has 8 nitrogen and oxygen atoms in total. The third-order valence-corrected chi connectivity index (χ3v) is 5.86. The van der Waals surface area contributed by atoms with Crippen LogP contribution in [0.3, 0.4) is 0 Å². The predicted octanol–water partition coefficient (Wildman–Crippen LogP) is 4.42. The molecule has 3 rings (SSSR count). The van der Waals surface area contributed by atoms with Crippen LogP contribution in [0.1, 0.15) is 58.7 Å². The van der Waals surface area contributed by atoms with Crippen LogP contribution in [-0.4, -0.2) is 82.8 Å². The van der Waals surface area contributed by atoms with Crippen molar-refractivity contribution in [2.24, 2.45) is 0 Å². The van der Waals surface area contributed by atoms with E-state index in [-0.39, 0.29) is 11.9 Å². The highest BCUT2D eigenvalue weighted by molar-refractivity contribution is 5.95. The molecule has 1 heterocycles. The van der Waals surface area contributed by atoms with E-state index in [0.29, 0.717) is 30.9 Å². The quantitative estimate of drug-likeness (QED) is 0.322. The number of nitrogens with zero attached hydrogens (tertiary/aromatic N) is 2. The summed E-state index contributed by atoms with van der Waals surface area (Å²) >= 11 is 0. The minimum absolute atomic E-state index is 0.344. The lowest BCUT2D eigenvalue weighted by molar-refractivity contribution is 0.0482. The van der Waals surface area contributed by atoms with Crippen LogP contribution in [0, 0.1) is 0 Å². The molecule has 2 aromatic rings. The van der Waals surface area contributed by atoms with Gasteiger partial charge in [0.2, 0.25) is 0 Å². The first-order chi connectivity index (χ1) is 17.3. The normalized spacial score (nSPS) is 14.2.